The summed E-state index contributed by atoms with van der Waals surface area (Å²) in [5, 5.41) is 0. The van der Waals surface area contributed by atoms with Crippen LogP contribution in [0, 0.1) is 0 Å². The van der Waals surface area contributed by atoms with Crippen LogP contribution in [0.4, 0.5) is 17.8 Å². The Morgan fingerprint density at radius 1 is 0.812 bits per heavy atom. The number of nitrogens with two attached hydrogens (primary N) is 3. The minimum absolute atomic E-state index is 0. The Hall–Kier alpha value is -1.80. The van der Waals surface area contributed by atoms with Crippen LogP contribution in [0.3, 0.4) is 0 Å². The lowest BCUT2D eigenvalue weighted by Gasteiger charge is -2.06. The maximum atomic E-state index is 8.52. The molecular weight excluding hydrogens is 244 g/mol. The Morgan fingerprint density at radius 2 is 0.938 bits per heavy atom. The average molecular weight is 258 g/mol. The van der Waals surface area contributed by atoms with Gasteiger partial charge in [-0.15, -0.1) is 0 Å². The van der Waals surface area contributed by atoms with Crippen LogP contribution in [-0.2, 0) is 10.4 Å². The number of aromatic nitrogens is 3. The Balaban J connectivity index is -0.000000214. The number of nitrogens with zero attached hydrogens (tertiary/aromatic N) is 3. The Labute approximate surface area is 91.0 Å². The second-order valence-electron chi connectivity index (χ2n) is 1.82. The summed E-state index contributed by atoms with van der Waals surface area (Å²) in [4.78, 5) is 10.5. The van der Waals surface area contributed by atoms with Crippen molar-refractivity contribution in [1.29, 1.82) is 0 Å². The third-order valence-corrected chi connectivity index (χ3v) is 0.687. The van der Waals surface area contributed by atoms with Crippen molar-refractivity contribution in [3.8, 4) is 0 Å². The second kappa shape index (κ2) is 7.49. The third-order valence-electron chi connectivity index (χ3n) is 0.687. The van der Waals surface area contributed by atoms with E-state index in [-0.39, 0.29) is 30.1 Å². The van der Waals surface area contributed by atoms with Crippen molar-refractivity contribution < 1.29 is 17.5 Å². The van der Waals surface area contributed by atoms with Crippen LogP contribution in [-0.4, -0.2) is 32.5 Å². The van der Waals surface area contributed by atoms with Gasteiger partial charge in [0.1, 0.15) is 0 Å². The lowest BCUT2D eigenvalue weighted by molar-refractivity contribution is 0.352. The first-order valence-electron chi connectivity index (χ1n) is 2.87. The van der Waals surface area contributed by atoms with Crippen LogP contribution in [0.15, 0.2) is 0 Å². The topological polar surface area (TPSA) is 270 Å². The zero-order valence-corrected chi connectivity index (χ0v) is 9.43. The van der Waals surface area contributed by atoms with Gasteiger partial charge >= 0.3 is 0 Å². The standard InChI is InChI=1S/C3H6N6.2H3N.H2O4S/c4-1-7-2(5)9-3(6)8-1;;;1-5(2,3)4/h(H6,4,5,6,7,8,9);2*1H3;(H2,1,2,3,4). The summed E-state index contributed by atoms with van der Waals surface area (Å²) in [5.41, 5.74) is 15.4. The molecule has 0 saturated heterocycles. The van der Waals surface area contributed by atoms with E-state index >= 15 is 0 Å². The molecule has 0 atom stereocenters. The van der Waals surface area contributed by atoms with Gasteiger partial charge in [0.05, 0.1) is 0 Å². The Kier molecular flexibility index (Phi) is 9.23. The number of anilines is 3. The van der Waals surface area contributed by atoms with Gasteiger partial charge in [-0.3, -0.25) is 8.42 Å². The molecule has 0 aliphatic rings. The Bertz CT molecular complexity index is 347. The molecule has 0 aliphatic heterocycles. The SMILES string of the molecule is Nc1nc(N)nc(N)n1.O=S(=O)([O-])[O-].[NH4+].[NH4+]. The molecule has 96 valence electrons. The van der Waals surface area contributed by atoms with E-state index in [1.54, 1.807) is 0 Å². The summed E-state index contributed by atoms with van der Waals surface area (Å²) in [6.45, 7) is 0. The highest BCUT2D eigenvalue weighted by Crippen LogP contribution is 1.97. The van der Waals surface area contributed by atoms with Gasteiger partial charge in [-0.1, -0.05) is 0 Å². The molecule has 0 aliphatic carbocycles. The molecule has 1 aromatic heterocycles. The summed E-state index contributed by atoms with van der Waals surface area (Å²) in [5.74, 6) is 0.125. The maximum absolute atomic E-state index is 8.52. The van der Waals surface area contributed by atoms with Crippen molar-refractivity contribution >= 4 is 28.2 Å². The minimum Gasteiger partial charge on any atom is -0.759 e. The first-order chi connectivity index (χ1) is 6.18. The number of quaternary nitrogens is 2. The quantitative estimate of drug-likeness (QED) is 0.252. The number of hydrogen-bond acceptors (Lipinski definition) is 10. The van der Waals surface area contributed by atoms with Gasteiger partial charge in [0.2, 0.25) is 17.8 Å². The molecule has 0 fully saturated rings. The van der Waals surface area contributed by atoms with Crippen LogP contribution < -0.4 is 29.5 Å². The van der Waals surface area contributed by atoms with Crippen molar-refractivity contribution in [3.63, 3.8) is 0 Å². The second-order valence-corrected chi connectivity index (χ2v) is 2.63. The lowest BCUT2D eigenvalue weighted by atomic mass is 10.9. The zero-order chi connectivity index (χ0) is 11.4. The smallest absolute Gasteiger partial charge is 0.226 e. The van der Waals surface area contributed by atoms with Crippen molar-refractivity contribution in [2.24, 2.45) is 0 Å². The number of hydrogen-bond donors (Lipinski definition) is 5. The largest absolute Gasteiger partial charge is 0.759 e. The fraction of sp³-hybridized carbons (Fsp3) is 0. The molecule has 14 N–H and O–H groups in total. The average Bonchev–Trinajstić information content (AvgIpc) is 1.77. The van der Waals surface area contributed by atoms with Crippen LogP contribution in [0.5, 0.6) is 0 Å². The summed E-state index contributed by atoms with van der Waals surface area (Å²) >= 11 is 0. The lowest BCUT2D eigenvalue weighted by Crippen LogP contribution is -2.05. The summed E-state index contributed by atoms with van der Waals surface area (Å²) in [6, 6.07) is 0. The molecule has 0 spiro atoms. The number of nitrogen functional groups attached to an aromatic ring is 3. The van der Waals surface area contributed by atoms with Crippen molar-refractivity contribution in [1.82, 2.24) is 27.3 Å². The van der Waals surface area contributed by atoms with E-state index in [2.05, 4.69) is 15.0 Å². The zero-order valence-electron chi connectivity index (χ0n) is 8.61. The highest BCUT2D eigenvalue weighted by molar-refractivity contribution is 7.79. The number of rotatable bonds is 0. The van der Waals surface area contributed by atoms with E-state index in [9.17, 15) is 0 Å². The molecular formula is C3H14N8O4S. The van der Waals surface area contributed by atoms with Gasteiger partial charge < -0.3 is 38.6 Å². The van der Waals surface area contributed by atoms with Gasteiger partial charge in [-0.05, 0) is 0 Å². The van der Waals surface area contributed by atoms with Crippen LogP contribution in [0.2, 0.25) is 0 Å². The molecule has 0 unspecified atom stereocenters. The summed E-state index contributed by atoms with van der Waals surface area (Å²) < 4.78 is 34.1. The summed E-state index contributed by atoms with van der Waals surface area (Å²) in [6.07, 6.45) is 0. The van der Waals surface area contributed by atoms with Gasteiger partial charge in [0, 0.05) is 10.4 Å². The summed E-state index contributed by atoms with van der Waals surface area (Å²) in [7, 11) is -5.17. The fourth-order valence-electron chi connectivity index (χ4n) is 0.427. The van der Waals surface area contributed by atoms with E-state index in [1.165, 1.54) is 0 Å². The van der Waals surface area contributed by atoms with E-state index in [0.29, 0.717) is 0 Å². The molecule has 1 aromatic rings. The van der Waals surface area contributed by atoms with Gasteiger partial charge in [-0.25, -0.2) is 0 Å². The molecule has 12 nitrogen and oxygen atoms in total. The highest BCUT2D eigenvalue weighted by Gasteiger charge is 1.93. The molecule has 0 bridgehead atoms. The highest BCUT2D eigenvalue weighted by atomic mass is 32.3. The van der Waals surface area contributed by atoms with E-state index in [1.807, 2.05) is 0 Å². The van der Waals surface area contributed by atoms with E-state index in [0.717, 1.165) is 0 Å². The molecule has 0 aromatic carbocycles. The van der Waals surface area contributed by atoms with Crippen LogP contribution in [0.1, 0.15) is 0 Å². The predicted molar refractivity (Wildman–Crippen MR) is 55.5 cm³/mol. The first-order valence-corrected chi connectivity index (χ1v) is 4.21. The van der Waals surface area contributed by atoms with Crippen molar-refractivity contribution in [3.05, 3.63) is 0 Å². The van der Waals surface area contributed by atoms with Crippen molar-refractivity contribution in [2.75, 3.05) is 17.2 Å². The predicted octanol–water partition coefficient (Wildman–Crippen LogP) is -1.97. The first kappa shape index (κ1) is 19.7. The van der Waals surface area contributed by atoms with E-state index in [4.69, 9.17) is 34.7 Å². The maximum Gasteiger partial charge on any atom is 0.226 e. The molecule has 0 saturated carbocycles. The van der Waals surface area contributed by atoms with Crippen molar-refractivity contribution in [2.45, 2.75) is 0 Å². The van der Waals surface area contributed by atoms with Crippen LogP contribution in [0.25, 0.3) is 0 Å². The minimum atomic E-state index is -5.17. The van der Waals surface area contributed by atoms with Gasteiger partial charge in [-0.2, -0.15) is 15.0 Å². The fourth-order valence-corrected chi connectivity index (χ4v) is 0.427. The molecule has 16 heavy (non-hydrogen) atoms. The van der Waals surface area contributed by atoms with E-state index < -0.39 is 10.4 Å². The normalized spacial score (nSPS) is 8.88. The monoisotopic (exact) mass is 258 g/mol. The molecule has 13 heteroatoms. The molecule has 1 heterocycles. The third kappa shape index (κ3) is 14.7. The van der Waals surface area contributed by atoms with Gasteiger partial charge in [0.15, 0.2) is 0 Å². The molecule has 0 amide bonds. The molecule has 1 rings (SSSR count). The Morgan fingerprint density at radius 3 is 1.06 bits per heavy atom. The van der Waals surface area contributed by atoms with Crippen LogP contribution >= 0.6 is 0 Å². The van der Waals surface area contributed by atoms with Gasteiger partial charge in [0.25, 0.3) is 0 Å². The molecule has 0 radical (unpaired) electrons.